The van der Waals surface area contributed by atoms with Crippen LogP contribution < -0.4 is 11.1 Å². The molecular formula is C12H22F3N3O. The van der Waals surface area contributed by atoms with Crippen LogP contribution in [0.3, 0.4) is 0 Å². The Balaban J connectivity index is 2.13. The molecule has 0 saturated heterocycles. The van der Waals surface area contributed by atoms with Crippen LogP contribution in [0.5, 0.6) is 0 Å². The molecule has 0 radical (unpaired) electrons. The molecule has 1 amide bonds. The molecule has 7 heteroatoms. The quantitative estimate of drug-likeness (QED) is 0.767. The minimum absolute atomic E-state index is 0.0821. The number of hydrogen-bond acceptors (Lipinski definition) is 3. The fraction of sp³-hybridized carbons (Fsp3) is 0.917. The number of nitrogens with two attached hydrogens (primary N) is 1. The molecule has 19 heavy (non-hydrogen) atoms. The van der Waals surface area contributed by atoms with E-state index in [1.807, 2.05) is 0 Å². The highest BCUT2D eigenvalue weighted by Crippen LogP contribution is 2.26. The molecule has 0 aliphatic heterocycles. The van der Waals surface area contributed by atoms with Crippen molar-refractivity contribution in [1.82, 2.24) is 10.2 Å². The highest BCUT2D eigenvalue weighted by atomic mass is 19.4. The Labute approximate surface area is 111 Å². The van der Waals surface area contributed by atoms with Crippen LogP contribution in [-0.2, 0) is 4.79 Å². The Morgan fingerprint density at radius 3 is 2.63 bits per heavy atom. The first kappa shape index (κ1) is 16.2. The van der Waals surface area contributed by atoms with Gasteiger partial charge >= 0.3 is 6.18 Å². The van der Waals surface area contributed by atoms with Gasteiger partial charge in [-0.2, -0.15) is 13.2 Å². The third-order valence-electron chi connectivity index (χ3n) is 3.43. The molecule has 1 fully saturated rings. The van der Waals surface area contributed by atoms with Gasteiger partial charge in [-0.1, -0.05) is 6.42 Å². The molecule has 1 rings (SSSR count). The third-order valence-corrected chi connectivity index (χ3v) is 3.43. The molecule has 0 heterocycles. The standard InChI is InChI=1S/C12H22F3N3O/c1-18(8-12(13,14)15)6-5-17-11(19)7-9-3-2-4-10(9)16/h9-10H,2-8,16H2,1H3,(H,17,19)/t9-,10+/m0/s1. The SMILES string of the molecule is CN(CCNC(=O)C[C@@H]1CCC[C@H]1N)CC(F)(F)F. The van der Waals surface area contributed by atoms with E-state index in [1.165, 1.54) is 7.05 Å². The van der Waals surface area contributed by atoms with E-state index in [-0.39, 0.29) is 31.0 Å². The predicted octanol–water partition coefficient (Wildman–Crippen LogP) is 1.11. The van der Waals surface area contributed by atoms with Gasteiger partial charge in [0.2, 0.25) is 5.91 Å². The molecule has 1 aliphatic rings. The van der Waals surface area contributed by atoms with Crippen LogP contribution in [-0.4, -0.2) is 49.7 Å². The minimum Gasteiger partial charge on any atom is -0.355 e. The number of carbonyl (C=O) groups excluding carboxylic acids is 1. The summed E-state index contributed by atoms with van der Waals surface area (Å²) in [7, 11) is 1.38. The summed E-state index contributed by atoms with van der Waals surface area (Å²) in [4.78, 5) is 12.7. The smallest absolute Gasteiger partial charge is 0.355 e. The molecule has 3 N–H and O–H groups in total. The second kappa shape index (κ2) is 7.09. The van der Waals surface area contributed by atoms with Crippen LogP contribution in [0.15, 0.2) is 0 Å². The first-order valence-corrected chi connectivity index (χ1v) is 6.55. The Bertz CT molecular complexity index is 296. The van der Waals surface area contributed by atoms with Crippen molar-refractivity contribution in [3.63, 3.8) is 0 Å². The number of carbonyl (C=O) groups is 1. The lowest BCUT2D eigenvalue weighted by Crippen LogP contribution is -2.38. The zero-order chi connectivity index (χ0) is 14.5. The summed E-state index contributed by atoms with van der Waals surface area (Å²) >= 11 is 0. The van der Waals surface area contributed by atoms with E-state index >= 15 is 0 Å². The van der Waals surface area contributed by atoms with Gasteiger partial charge < -0.3 is 11.1 Å². The van der Waals surface area contributed by atoms with E-state index in [2.05, 4.69) is 5.32 Å². The lowest BCUT2D eigenvalue weighted by atomic mass is 10.00. The molecule has 0 unspecified atom stereocenters. The number of halogens is 3. The van der Waals surface area contributed by atoms with E-state index in [4.69, 9.17) is 5.73 Å². The van der Waals surface area contributed by atoms with Crippen LogP contribution in [0.2, 0.25) is 0 Å². The second-order valence-electron chi connectivity index (χ2n) is 5.26. The molecular weight excluding hydrogens is 259 g/mol. The van der Waals surface area contributed by atoms with E-state index in [1.54, 1.807) is 0 Å². The molecule has 2 atom stereocenters. The predicted molar refractivity (Wildman–Crippen MR) is 66.5 cm³/mol. The lowest BCUT2D eigenvalue weighted by Gasteiger charge is -2.19. The number of nitrogens with one attached hydrogen (secondary N) is 1. The maximum absolute atomic E-state index is 12.1. The summed E-state index contributed by atoms with van der Waals surface area (Å²) in [6.45, 7) is -0.550. The van der Waals surface area contributed by atoms with Gasteiger partial charge in [0.05, 0.1) is 6.54 Å². The van der Waals surface area contributed by atoms with Crippen molar-refractivity contribution < 1.29 is 18.0 Å². The fourth-order valence-corrected chi connectivity index (χ4v) is 2.40. The average molecular weight is 281 g/mol. The fourth-order valence-electron chi connectivity index (χ4n) is 2.40. The van der Waals surface area contributed by atoms with Crippen molar-refractivity contribution in [2.45, 2.75) is 37.9 Å². The molecule has 0 aromatic heterocycles. The number of rotatable bonds is 6. The second-order valence-corrected chi connectivity index (χ2v) is 5.26. The maximum atomic E-state index is 12.1. The van der Waals surface area contributed by atoms with Gasteiger partial charge in [-0.3, -0.25) is 9.69 Å². The number of nitrogens with zero attached hydrogens (tertiary/aromatic N) is 1. The van der Waals surface area contributed by atoms with Crippen molar-refractivity contribution in [2.75, 3.05) is 26.7 Å². The van der Waals surface area contributed by atoms with E-state index < -0.39 is 12.7 Å². The summed E-state index contributed by atoms with van der Waals surface area (Å²) in [6, 6.07) is 0.0821. The van der Waals surface area contributed by atoms with Crippen LogP contribution in [0.4, 0.5) is 13.2 Å². The van der Waals surface area contributed by atoms with E-state index in [0.29, 0.717) is 6.42 Å². The van der Waals surface area contributed by atoms with E-state index in [0.717, 1.165) is 24.2 Å². The van der Waals surface area contributed by atoms with E-state index in [9.17, 15) is 18.0 Å². The molecule has 112 valence electrons. The van der Waals surface area contributed by atoms with Crippen molar-refractivity contribution in [3.05, 3.63) is 0 Å². The Kier molecular flexibility index (Phi) is 6.06. The molecule has 1 aliphatic carbocycles. The molecule has 0 aromatic rings. The largest absolute Gasteiger partial charge is 0.401 e. The average Bonchev–Trinajstić information content (AvgIpc) is 2.61. The van der Waals surface area contributed by atoms with Gasteiger partial charge in [0, 0.05) is 25.6 Å². The number of hydrogen-bond donors (Lipinski definition) is 2. The van der Waals surface area contributed by atoms with Crippen LogP contribution in [0, 0.1) is 5.92 Å². The Morgan fingerprint density at radius 1 is 1.42 bits per heavy atom. The molecule has 0 aromatic carbocycles. The normalized spacial score (nSPS) is 23.9. The Hall–Kier alpha value is -0.820. The lowest BCUT2D eigenvalue weighted by molar-refractivity contribution is -0.142. The van der Waals surface area contributed by atoms with Gasteiger partial charge in [-0.25, -0.2) is 0 Å². The third kappa shape index (κ3) is 6.77. The number of likely N-dealkylation sites (N-methyl/N-ethyl adjacent to an activating group) is 1. The topological polar surface area (TPSA) is 58.4 Å². The minimum atomic E-state index is -4.20. The molecule has 1 saturated carbocycles. The Morgan fingerprint density at radius 2 is 2.11 bits per heavy atom. The summed E-state index contributed by atoms with van der Waals surface area (Å²) in [5, 5.41) is 2.64. The van der Waals surface area contributed by atoms with Crippen molar-refractivity contribution in [1.29, 1.82) is 0 Å². The first-order valence-electron chi connectivity index (χ1n) is 6.55. The van der Waals surface area contributed by atoms with Crippen molar-refractivity contribution >= 4 is 5.91 Å². The first-order chi connectivity index (χ1) is 8.78. The molecule has 4 nitrogen and oxygen atoms in total. The highest BCUT2D eigenvalue weighted by molar-refractivity contribution is 5.76. The maximum Gasteiger partial charge on any atom is 0.401 e. The molecule has 0 bridgehead atoms. The van der Waals surface area contributed by atoms with Gasteiger partial charge in [-0.05, 0) is 25.8 Å². The van der Waals surface area contributed by atoms with Crippen LogP contribution in [0.1, 0.15) is 25.7 Å². The van der Waals surface area contributed by atoms with Crippen molar-refractivity contribution in [3.8, 4) is 0 Å². The van der Waals surface area contributed by atoms with Gasteiger partial charge in [-0.15, -0.1) is 0 Å². The monoisotopic (exact) mass is 281 g/mol. The summed E-state index contributed by atoms with van der Waals surface area (Å²) in [5.74, 6) is 0.0932. The van der Waals surface area contributed by atoms with Crippen LogP contribution >= 0.6 is 0 Å². The van der Waals surface area contributed by atoms with Gasteiger partial charge in [0.15, 0.2) is 0 Å². The van der Waals surface area contributed by atoms with Crippen molar-refractivity contribution in [2.24, 2.45) is 11.7 Å². The number of amides is 1. The summed E-state index contributed by atoms with van der Waals surface area (Å²) < 4.78 is 36.2. The van der Waals surface area contributed by atoms with Crippen LogP contribution in [0.25, 0.3) is 0 Å². The zero-order valence-corrected chi connectivity index (χ0v) is 11.2. The summed E-state index contributed by atoms with van der Waals surface area (Å²) in [5.41, 5.74) is 5.86. The summed E-state index contributed by atoms with van der Waals surface area (Å²) in [6.07, 6.45) is -0.859. The zero-order valence-electron chi connectivity index (χ0n) is 11.2. The highest BCUT2D eigenvalue weighted by Gasteiger charge is 2.29. The number of alkyl halides is 3. The molecule has 0 spiro atoms. The van der Waals surface area contributed by atoms with Gasteiger partial charge in [0.25, 0.3) is 0 Å². The van der Waals surface area contributed by atoms with Gasteiger partial charge in [0.1, 0.15) is 0 Å².